The van der Waals surface area contributed by atoms with Crippen LogP contribution >= 0.6 is 12.4 Å². The van der Waals surface area contributed by atoms with Gasteiger partial charge in [-0.2, -0.15) is 0 Å². The first-order valence-electron chi connectivity index (χ1n) is 2.38. The summed E-state index contributed by atoms with van der Waals surface area (Å²) in [5, 5.41) is 0. The third kappa shape index (κ3) is 3.29. The minimum atomic E-state index is -1.32. The van der Waals surface area contributed by atoms with Crippen LogP contribution in [0.3, 0.4) is 0 Å². The van der Waals surface area contributed by atoms with E-state index in [1.54, 1.807) is 6.92 Å². The lowest BCUT2D eigenvalue weighted by Gasteiger charge is -2.16. The lowest BCUT2D eigenvalue weighted by molar-refractivity contribution is -0.123. The predicted octanol–water partition coefficient (Wildman–Crippen LogP) is -1.08. The monoisotopic (exact) mass is 153 g/mol. The van der Waals surface area contributed by atoms with Crippen LogP contribution < -0.4 is 17.2 Å². The maximum atomic E-state index is 10.2. The van der Waals surface area contributed by atoms with E-state index in [9.17, 15) is 4.79 Å². The smallest absolute Gasteiger partial charge is 0.252 e. The van der Waals surface area contributed by atoms with E-state index in [4.69, 9.17) is 17.2 Å². The molecule has 0 aliphatic carbocycles. The summed E-state index contributed by atoms with van der Waals surface area (Å²) in [5.41, 5.74) is 13.8. The van der Waals surface area contributed by atoms with Gasteiger partial charge >= 0.3 is 0 Å². The Kier molecular flexibility index (Phi) is 4.66. The van der Waals surface area contributed by atoms with Crippen LogP contribution in [0.2, 0.25) is 0 Å². The molecule has 0 heterocycles. The van der Waals surface area contributed by atoms with E-state index in [0.29, 0.717) is 6.42 Å². The Bertz CT molecular complexity index is 104. The fourth-order valence-corrected chi connectivity index (χ4v) is 0.174. The first-order valence-corrected chi connectivity index (χ1v) is 2.38. The van der Waals surface area contributed by atoms with Gasteiger partial charge in [0.05, 0.1) is 0 Å². The highest BCUT2D eigenvalue weighted by Gasteiger charge is 2.22. The second kappa shape index (κ2) is 3.66. The largest absolute Gasteiger partial charge is 0.367 e. The zero-order valence-corrected chi connectivity index (χ0v) is 6.07. The zero-order valence-electron chi connectivity index (χ0n) is 5.26. The summed E-state index contributed by atoms with van der Waals surface area (Å²) >= 11 is 0. The van der Waals surface area contributed by atoms with E-state index in [0.717, 1.165) is 0 Å². The molecular weight excluding hydrogens is 142 g/mol. The number of hydrogen-bond donors (Lipinski definition) is 3. The molecule has 0 radical (unpaired) electrons. The number of hydrogen-bond acceptors (Lipinski definition) is 3. The van der Waals surface area contributed by atoms with Crippen molar-refractivity contribution in [3.63, 3.8) is 0 Å². The molecule has 0 saturated carbocycles. The van der Waals surface area contributed by atoms with Crippen LogP contribution in [-0.4, -0.2) is 11.6 Å². The Morgan fingerprint density at radius 2 is 1.89 bits per heavy atom. The number of nitrogens with two attached hydrogens (primary N) is 3. The Morgan fingerprint density at radius 3 is 1.89 bits per heavy atom. The molecule has 0 aliphatic heterocycles. The molecule has 1 amide bonds. The zero-order chi connectivity index (χ0) is 6.78. The molecule has 5 heteroatoms. The van der Waals surface area contributed by atoms with Crippen LogP contribution in [0.1, 0.15) is 13.3 Å². The van der Waals surface area contributed by atoms with Crippen LogP contribution in [0.25, 0.3) is 0 Å². The van der Waals surface area contributed by atoms with E-state index in [1.165, 1.54) is 0 Å². The second-order valence-corrected chi connectivity index (χ2v) is 1.76. The van der Waals surface area contributed by atoms with Crippen molar-refractivity contribution < 1.29 is 4.79 Å². The van der Waals surface area contributed by atoms with Crippen LogP contribution in [-0.2, 0) is 4.79 Å². The van der Waals surface area contributed by atoms with Gasteiger partial charge in [0.25, 0.3) is 5.91 Å². The van der Waals surface area contributed by atoms with Crippen molar-refractivity contribution >= 4 is 18.3 Å². The van der Waals surface area contributed by atoms with Crippen molar-refractivity contribution in [3.8, 4) is 0 Å². The predicted molar refractivity (Wildman–Crippen MR) is 37.8 cm³/mol. The van der Waals surface area contributed by atoms with E-state index < -0.39 is 11.6 Å². The van der Waals surface area contributed by atoms with E-state index >= 15 is 0 Å². The van der Waals surface area contributed by atoms with Crippen molar-refractivity contribution in [2.45, 2.75) is 19.0 Å². The van der Waals surface area contributed by atoms with Crippen LogP contribution in [0.15, 0.2) is 0 Å². The van der Waals surface area contributed by atoms with Crippen molar-refractivity contribution in [1.82, 2.24) is 0 Å². The summed E-state index contributed by atoms with van der Waals surface area (Å²) in [5.74, 6) is -0.667. The molecule has 0 fully saturated rings. The Hall–Kier alpha value is -0.320. The highest BCUT2D eigenvalue weighted by molar-refractivity contribution is 5.85. The molecule has 0 aromatic carbocycles. The maximum absolute atomic E-state index is 10.2. The van der Waals surface area contributed by atoms with Gasteiger partial charge in [-0.15, -0.1) is 12.4 Å². The summed E-state index contributed by atoms with van der Waals surface area (Å²) in [7, 11) is 0. The lowest BCUT2D eigenvalue weighted by Crippen LogP contribution is -2.59. The van der Waals surface area contributed by atoms with E-state index in [2.05, 4.69) is 0 Å². The Morgan fingerprint density at radius 1 is 1.56 bits per heavy atom. The van der Waals surface area contributed by atoms with Crippen molar-refractivity contribution in [2.75, 3.05) is 0 Å². The topological polar surface area (TPSA) is 95.1 Å². The van der Waals surface area contributed by atoms with Crippen LogP contribution in [0, 0.1) is 0 Å². The third-order valence-electron chi connectivity index (χ3n) is 1.04. The maximum Gasteiger partial charge on any atom is 0.252 e. The number of halogens is 1. The molecule has 0 aliphatic rings. The minimum Gasteiger partial charge on any atom is -0.367 e. The first-order chi connectivity index (χ1) is 3.50. The molecule has 4 nitrogen and oxygen atoms in total. The first kappa shape index (κ1) is 11.5. The molecule has 6 N–H and O–H groups in total. The molecule has 9 heavy (non-hydrogen) atoms. The summed E-state index contributed by atoms with van der Waals surface area (Å²) in [4.78, 5) is 10.2. The number of rotatable bonds is 2. The SMILES string of the molecule is CCC(N)(N)C(N)=O.Cl. The quantitative estimate of drug-likeness (QED) is 0.441. The molecular formula is C4H12ClN3O. The number of carbonyl (C=O) groups is 1. The van der Waals surface area contributed by atoms with Gasteiger partial charge in [-0.1, -0.05) is 6.92 Å². The fourth-order valence-electron chi connectivity index (χ4n) is 0.174. The summed E-state index contributed by atoms with van der Waals surface area (Å²) in [6.45, 7) is 1.70. The van der Waals surface area contributed by atoms with E-state index in [-0.39, 0.29) is 12.4 Å². The third-order valence-corrected chi connectivity index (χ3v) is 1.04. The second-order valence-electron chi connectivity index (χ2n) is 1.76. The van der Waals surface area contributed by atoms with Crippen LogP contribution in [0.5, 0.6) is 0 Å². The highest BCUT2D eigenvalue weighted by atomic mass is 35.5. The minimum absolute atomic E-state index is 0. The van der Waals surface area contributed by atoms with Gasteiger partial charge in [0, 0.05) is 0 Å². The lowest BCUT2D eigenvalue weighted by atomic mass is 10.1. The Labute approximate surface area is 60.2 Å². The average molecular weight is 154 g/mol. The molecule has 0 unspecified atom stereocenters. The van der Waals surface area contributed by atoms with E-state index in [1.807, 2.05) is 0 Å². The summed E-state index contributed by atoms with van der Waals surface area (Å²) in [6, 6.07) is 0. The van der Waals surface area contributed by atoms with Crippen molar-refractivity contribution in [2.24, 2.45) is 17.2 Å². The standard InChI is InChI=1S/C4H11N3O.ClH/c1-2-4(6,7)3(5)8;/h2,6-7H2,1H3,(H2,5,8);1H. The molecule has 0 bridgehead atoms. The van der Waals surface area contributed by atoms with Gasteiger partial charge in [-0.25, -0.2) is 0 Å². The number of primary amides is 1. The van der Waals surface area contributed by atoms with Gasteiger partial charge in [0.1, 0.15) is 5.66 Å². The fraction of sp³-hybridized carbons (Fsp3) is 0.750. The van der Waals surface area contributed by atoms with Crippen LogP contribution in [0.4, 0.5) is 0 Å². The van der Waals surface area contributed by atoms with Gasteiger partial charge in [-0.3, -0.25) is 4.79 Å². The van der Waals surface area contributed by atoms with Crippen molar-refractivity contribution in [3.05, 3.63) is 0 Å². The molecule has 0 aromatic rings. The molecule has 0 saturated heterocycles. The van der Waals surface area contributed by atoms with Gasteiger partial charge in [0.15, 0.2) is 0 Å². The van der Waals surface area contributed by atoms with Crippen molar-refractivity contribution in [1.29, 1.82) is 0 Å². The average Bonchev–Trinajstić information content (AvgIpc) is 1.67. The molecule has 0 rings (SSSR count). The van der Waals surface area contributed by atoms with Gasteiger partial charge in [0.2, 0.25) is 0 Å². The normalized spacial score (nSPS) is 10.1. The molecule has 0 atom stereocenters. The number of carbonyl (C=O) groups excluding carboxylic acids is 1. The Balaban J connectivity index is 0. The molecule has 0 spiro atoms. The summed E-state index contributed by atoms with van der Waals surface area (Å²) in [6.07, 6.45) is 0.363. The molecule has 0 aromatic heterocycles. The van der Waals surface area contributed by atoms with Gasteiger partial charge in [-0.05, 0) is 6.42 Å². The number of amides is 1. The molecule has 56 valence electrons. The van der Waals surface area contributed by atoms with Gasteiger partial charge < -0.3 is 17.2 Å². The highest BCUT2D eigenvalue weighted by Crippen LogP contribution is 1.92. The summed E-state index contributed by atoms with van der Waals surface area (Å²) < 4.78 is 0.